The number of carbonyl (C=O) groups excluding carboxylic acids is 2. The van der Waals surface area contributed by atoms with Crippen LogP contribution in [0.2, 0.25) is 5.02 Å². The van der Waals surface area contributed by atoms with Crippen molar-refractivity contribution in [3.63, 3.8) is 0 Å². The number of benzene rings is 2. The molecule has 1 fully saturated rings. The zero-order valence-electron chi connectivity index (χ0n) is 15.5. The Morgan fingerprint density at radius 1 is 1.18 bits per heavy atom. The fourth-order valence-electron chi connectivity index (χ4n) is 3.68. The Morgan fingerprint density at radius 2 is 1.86 bits per heavy atom. The van der Waals surface area contributed by atoms with E-state index in [1.54, 1.807) is 17.0 Å². The maximum absolute atomic E-state index is 13.3. The zero-order valence-corrected chi connectivity index (χ0v) is 16.3. The highest BCUT2D eigenvalue weighted by Gasteiger charge is 2.43. The topological polar surface area (TPSA) is 69.6 Å². The average Bonchev–Trinajstić information content (AvgIpc) is 2.74. The molecule has 0 radical (unpaired) electrons. The van der Waals surface area contributed by atoms with E-state index in [1.807, 2.05) is 30.3 Å². The molecule has 146 valence electrons. The molecule has 6 heteroatoms. The number of piperidine rings is 1. The van der Waals surface area contributed by atoms with E-state index in [0.29, 0.717) is 36.5 Å². The Bertz CT molecular complexity index is 875. The normalized spacial score (nSPS) is 15.7. The van der Waals surface area contributed by atoms with E-state index < -0.39 is 5.41 Å². The predicted octanol–water partition coefficient (Wildman–Crippen LogP) is 3.41. The molecule has 0 aromatic heterocycles. The van der Waals surface area contributed by atoms with Crippen molar-refractivity contribution in [3.05, 3.63) is 77.3 Å². The van der Waals surface area contributed by atoms with E-state index in [2.05, 4.69) is 11.9 Å². The second-order valence-corrected chi connectivity index (χ2v) is 7.37. The molecule has 0 bridgehead atoms. The predicted molar refractivity (Wildman–Crippen MR) is 109 cm³/mol. The van der Waals surface area contributed by atoms with Crippen LogP contribution in [0.3, 0.4) is 0 Å². The van der Waals surface area contributed by atoms with Crippen LogP contribution in [-0.4, -0.2) is 34.9 Å². The van der Waals surface area contributed by atoms with Gasteiger partial charge in [-0.15, -0.1) is 0 Å². The van der Waals surface area contributed by atoms with Gasteiger partial charge in [-0.3, -0.25) is 9.59 Å². The molecule has 1 aliphatic rings. The van der Waals surface area contributed by atoms with E-state index in [-0.39, 0.29) is 24.1 Å². The van der Waals surface area contributed by atoms with E-state index in [9.17, 15) is 14.7 Å². The van der Waals surface area contributed by atoms with Crippen molar-refractivity contribution in [2.24, 2.45) is 0 Å². The van der Waals surface area contributed by atoms with Gasteiger partial charge in [0, 0.05) is 30.2 Å². The molecule has 0 saturated carbocycles. The summed E-state index contributed by atoms with van der Waals surface area (Å²) in [4.78, 5) is 26.9. The third-order valence-corrected chi connectivity index (χ3v) is 5.58. The maximum atomic E-state index is 13.3. The van der Waals surface area contributed by atoms with Gasteiger partial charge in [-0.25, -0.2) is 0 Å². The van der Waals surface area contributed by atoms with E-state index in [4.69, 9.17) is 11.6 Å². The van der Waals surface area contributed by atoms with Crippen LogP contribution in [0.5, 0.6) is 5.75 Å². The summed E-state index contributed by atoms with van der Waals surface area (Å²) in [5, 5.41) is 13.4. The second-order valence-electron chi connectivity index (χ2n) is 6.93. The molecule has 5 nitrogen and oxygen atoms in total. The van der Waals surface area contributed by atoms with Crippen LogP contribution >= 0.6 is 11.6 Å². The third kappa shape index (κ3) is 4.04. The van der Waals surface area contributed by atoms with Crippen LogP contribution < -0.4 is 5.32 Å². The van der Waals surface area contributed by atoms with Crippen LogP contribution in [0.4, 0.5) is 0 Å². The van der Waals surface area contributed by atoms with Gasteiger partial charge in [0.15, 0.2) is 0 Å². The molecule has 2 aromatic carbocycles. The molecule has 3 rings (SSSR count). The molecule has 1 heterocycles. The second kappa shape index (κ2) is 8.48. The first-order chi connectivity index (χ1) is 13.5. The monoisotopic (exact) mass is 398 g/mol. The molecule has 2 N–H and O–H groups in total. The lowest BCUT2D eigenvalue weighted by Gasteiger charge is -2.40. The number of hydrogen-bond donors (Lipinski definition) is 2. The van der Waals surface area contributed by atoms with E-state index in [1.165, 1.54) is 12.1 Å². The number of nitrogens with one attached hydrogen (secondary N) is 1. The number of phenols is 1. The Balaban J connectivity index is 1.81. The Labute approximate surface area is 169 Å². The highest BCUT2D eigenvalue weighted by Crippen LogP contribution is 2.36. The van der Waals surface area contributed by atoms with Crippen molar-refractivity contribution >= 4 is 23.4 Å². The lowest BCUT2D eigenvalue weighted by atomic mass is 9.72. The van der Waals surface area contributed by atoms with Crippen molar-refractivity contribution < 1.29 is 14.7 Å². The van der Waals surface area contributed by atoms with Gasteiger partial charge in [0.1, 0.15) is 5.75 Å². The van der Waals surface area contributed by atoms with Crippen LogP contribution in [0.25, 0.3) is 0 Å². The summed E-state index contributed by atoms with van der Waals surface area (Å²) in [7, 11) is 0. The number of halogens is 1. The molecule has 2 aromatic rings. The van der Waals surface area contributed by atoms with Crippen LogP contribution in [-0.2, 0) is 21.5 Å². The molecule has 1 saturated heterocycles. The molecular formula is C22H23ClN2O3. The van der Waals surface area contributed by atoms with Gasteiger partial charge >= 0.3 is 0 Å². The molecule has 0 aliphatic carbocycles. The third-order valence-electron chi connectivity index (χ3n) is 5.35. The summed E-state index contributed by atoms with van der Waals surface area (Å²) in [5.41, 5.74) is 0.754. The Morgan fingerprint density at radius 3 is 2.50 bits per heavy atom. The number of phenolic OH excluding ortho intramolecular Hbond substituents is 1. The van der Waals surface area contributed by atoms with Crippen LogP contribution in [0, 0.1) is 0 Å². The molecule has 0 spiro atoms. The SMILES string of the molecule is C=CC(=O)N1CCC(C(=O)NCc2cc(Cl)ccc2O)(c2ccccc2)CC1. The number of carbonyl (C=O) groups is 2. The lowest BCUT2D eigenvalue weighted by molar-refractivity contribution is -0.134. The summed E-state index contributed by atoms with van der Waals surface area (Å²) < 4.78 is 0. The summed E-state index contributed by atoms with van der Waals surface area (Å²) in [6, 6.07) is 14.4. The van der Waals surface area contributed by atoms with Gasteiger partial charge in [0.2, 0.25) is 11.8 Å². The highest BCUT2D eigenvalue weighted by molar-refractivity contribution is 6.30. The largest absolute Gasteiger partial charge is 0.508 e. The fraction of sp³-hybridized carbons (Fsp3) is 0.273. The minimum Gasteiger partial charge on any atom is -0.508 e. The van der Waals surface area contributed by atoms with Crippen LogP contribution in [0.15, 0.2) is 61.2 Å². The molecule has 28 heavy (non-hydrogen) atoms. The number of hydrogen-bond acceptors (Lipinski definition) is 3. The Hall–Kier alpha value is -2.79. The minimum atomic E-state index is -0.729. The van der Waals surface area contributed by atoms with Gasteiger partial charge in [-0.05, 0) is 42.7 Å². The van der Waals surface area contributed by atoms with Crippen molar-refractivity contribution in [1.29, 1.82) is 0 Å². The first-order valence-corrected chi connectivity index (χ1v) is 9.56. The number of likely N-dealkylation sites (tertiary alicyclic amines) is 1. The molecule has 0 unspecified atom stereocenters. The van der Waals surface area contributed by atoms with E-state index in [0.717, 1.165) is 5.56 Å². The Kier molecular flexibility index (Phi) is 6.05. The molecular weight excluding hydrogens is 376 g/mol. The van der Waals surface area contributed by atoms with E-state index >= 15 is 0 Å². The smallest absolute Gasteiger partial charge is 0.245 e. The number of rotatable bonds is 5. The van der Waals surface area contributed by atoms with Crippen molar-refractivity contribution in [2.45, 2.75) is 24.8 Å². The van der Waals surface area contributed by atoms with Crippen molar-refractivity contribution in [3.8, 4) is 5.75 Å². The van der Waals surface area contributed by atoms with Crippen LogP contribution in [0.1, 0.15) is 24.0 Å². The average molecular weight is 399 g/mol. The van der Waals surface area contributed by atoms with Gasteiger partial charge in [0.05, 0.1) is 5.41 Å². The van der Waals surface area contributed by atoms with Gasteiger partial charge in [-0.2, -0.15) is 0 Å². The summed E-state index contributed by atoms with van der Waals surface area (Å²) >= 11 is 5.99. The van der Waals surface area contributed by atoms with Crippen molar-refractivity contribution in [1.82, 2.24) is 10.2 Å². The minimum absolute atomic E-state index is 0.0878. The number of aromatic hydroxyl groups is 1. The summed E-state index contributed by atoms with van der Waals surface area (Å²) in [6.07, 6.45) is 2.34. The quantitative estimate of drug-likeness (QED) is 0.758. The highest BCUT2D eigenvalue weighted by atomic mass is 35.5. The lowest BCUT2D eigenvalue weighted by Crippen LogP contribution is -2.52. The van der Waals surface area contributed by atoms with Crippen molar-refractivity contribution in [2.75, 3.05) is 13.1 Å². The molecule has 1 aliphatic heterocycles. The zero-order chi connectivity index (χ0) is 20.1. The van der Waals surface area contributed by atoms with Gasteiger partial charge < -0.3 is 15.3 Å². The maximum Gasteiger partial charge on any atom is 0.245 e. The fourth-order valence-corrected chi connectivity index (χ4v) is 3.88. The summed E-state index contributed by atoms with van der Waals surface area (Å²) in [6.45, 7) is 4.68. The first-order valence-electron chi connectivity index (χ1n) is 9.19. The van der Waals surface area contributed by atoms with Gasteiger partial charge in [0.25, 0.3) is 0 Å². The summed E-state index contributed by atoms with van der Waals surface area (Å²) in [5.74, 6) is -0.153. The standard InChI is InChI=1S/C22H23ClN2O3/c1-2-20(27)25-12-10-22(11-13-25,17-6-4-3-5-7-17)21(28)24-15-16-14-18(23)8-9-19(16)26/h2-9,14,26H,1,10-13,15H2,(H,24,28). The number of nitrogens with zero attached hydrogens (tertiary/aromatic N) is 1. The molecule has 0 atom stereocenters. The molecule has 2 amide bonds. The first kappa shape index (κ1) is 20.0. The van der Waals surface area contributed by atoms with Gasteiger partial charge in [-0.1, -0.05) is 48.5 Å². The number of amides is 2.